The fraction of sp³-hybridized carbons (Fsp3) is 0.357. The minimum atomic E-state index is -1.07. The smallest absolute Gasteiger partial charge is 0.326 e. The van der Waals surface area contributed by atoms with Crippen LogP contribution in [-0.4, -0.2) is 28.0 Å². The number of carboxylic acids is 1. The first-order chi connectivity index (χ1) is 9.38. The Bertz CT molecular complexity index is 660. The lowest BCUT2D eigenvalue weighted by atomic mass is 10.0. The Morgan fingerprint density at radius 2 is 2.05 bits per heavy atom. The first kappa shape index (κ1) is 14.0. The summed E-state index contributed by atoms with van der Waals surface area (Å²) in [5.41, 5.74) is 1.89. The third-order valence-corrected chi connectivity index (χ3v) is 2.96. The molecule has 0 saturated heterocycles. The second-order valence-electron chi connectivity index (χ2n) is 4.98. The molecule has 6 nitrogen and oxygen atoms in total. The maximum absolute atomic E-state index is 12.0. The van der Waals surface area contributed by atoms with Gasteiger partial charge in [-0.15, -0.1) is 0 Å². The standard InChI is InChI=1S/C14H16N2O4/c1-7(2)12(14(18)19)16-13(17)11-6-9-10(20-11)5-4-8(3)15-9/h4-7,12H,1-3H3,(H,16,17)(H,18,19)/t12-/m0/s1. The molecule has 20 heavy (non-hydrogen) atoms. The summed E-state index contributed by atoms with van der Waals surface area (Å²) in [5, 5.41) is 11.5. The fourth-order valence-corrected chi connectivity index (χ4v) is 1.86. The molecule has 1 amide bonds. The molecule has 2 rings (SSSR count). The Morgan fingerprint density at radius 3 is 2.65 bits per heavy atom. The Morgan fingerprint density at radius 1 is 1.35 bits per heavy atom. The van der Waals surface area contributed by atoms with Gasteiger partial charge >= 0.3 is 5.97 Å². The number of hydrogen-bond donors (Lipinski definition) is 2. The second-order valence-corrected chi connectivity index (χ2v) is 4.98. The van der Waals surface area contributed by atoms with Crippen molar-refractivity contribution in [3.05, 3.63) is 29.7 Å². The van der Waals surface area contributed by atoms with Gasteiger partial charge < -0.3 is 14.8 Å². The van der Waals surface area contributed by atoms with Crippen molar-refractivity contribution >= 4 is 23.0 Å². The van der Waals surface area contributed by atoms with Gasteiger partial charge in [-0.05, 0) is 25.0 Å². The van der Waals surface area contributed by atoms with Crippen LogP contribution in [0.5, 0.6) is 0 Å². The van der Waals surface area contributed by atoms with E-state index < -0.39 is 17.9 Å². The maximum Gasteiger partial charge on any atom is 0.326 e. The lowest BCUT2D eigenvalue weighted by molar-refractivity contribution is -0.140. The number of amides is 1. The Labute approximate surface area is 115 Å². The van der Waals surface area contributed by atoms with Gasteiger partial charge in [0.25, 0.3) is 5.91 Å². The number of nitrogens with zero attached hydrogens (tertiary/aromatic N) is 1. The second kappa shape index (κ2) is 5.32. The highest BCUT2D eigenvalue weighted by molar-refractivity contribution is 5.97. The van der Waals surface area contributed by atoms with Crippen LogP contribution in [0.25, 0.3) is 11.1 Å². The van der Waals surface area contributed by atoms with Gasteiger partial charge in [0.2, 0.25) is 0 Å². The van der Waals surface area contributed by atoms with E-state index in [4.69, 9.17) is 9.52 Å². The van der Waals surface area contributed by atoms with Gasteiger partial charge in [-0.2, -0.15) is 0 Å². The van der Waals surface area contributed by atoms with E-state index in [1.165, 1.54) is 6.07 Å². The zero-order valence-corrected chi connectivity index (χ0v) is 11.5. The molecule has 2 aromatic rings. The summed E-state index contributed by atoms with van der Waals surface area (Å²) in [7, 11) is 0. The molecule has 2 N–H and O–H groups in total. The normalized spacial score (nSPS) is 12.6. The number of rotatable bonds is 4. The van der Waals surface area contributed by atoms with Crippen molar-refractivity contribution in [3.8, 4) is 0 Å². The molecular weight excluding hydrogens is 260 g/mol. The molecule has 2 heterocycles. The van der Waals surface area contributed by atoms with Crippen LogP contribution in [0.15, 0.2) is 22.6 Å². The molecule has 0 unspecified atom stereocenters. The predicted octanol–water partition coefficient (Wildman–Crippen LogP) is 1.98. The largest absolute Gasteiger partial charge is 0.480 e. The first-order valence-electron chi connectivity index (χ1n) is 6.29. The average Bonchev–Trinajstić information content (AvgIpc) is 2.77. The van der Waals surface area contributed by atoms with Crippen LogP contribution in [0.1, 0.15) is 30.1 Å². The monoisotopic (exact) mass is 276 g/mol. The highest BCUT2D eigenvalue weighted by Gasteiger charge is 2.25. The van der Waals surface area contributed by atoms with E-state index in [9.17, 15) is 9.59 Å². The number of pyridine rings is 1. The highest BCUT2D eigenvalue weighted by atomic mass is 16.4. The van der Waals surface area contributed by atoms with E-state index in [1.54, 1.807) is 26.0 Å². The van der Waals surface area contributed by atoms with Crippen LogP contribution in [-0.2, 0) is 4.79 Å². The molecule has 0 aromatic carbocycles. The summed E-state index contributed by atoms with van der Waals surface area (Å²) in [5.74, 6) is -1.79. The number of fused-ring (bicyclic) bond motifs is 1. The van der Waals surface area contributed by atoms with Crippen molar-refractivity contribution in [1.29, 1.82) is 0 Å². The van der Waals surface area contributed by atoms with E-state index in [2.05, 4.69) is 10.3 Å². The molecular formula is C14H16N2O4. The van der Waals surface area contributed by atoms with E-state index in [0.29, 0.717) is 11.1 Å². The fourth-order valence-electron chi connectivity index (χ4n) is 1.86. The van der Waals surface area contributed by atoms with Gasteiger partial charge in [0, 0.05) is 11.8 Å². The van der Waals surface area contributed by atoms with E-state index in [1.807, 2.05) is 6.92 Å². The molecule has 0 aliphatic rings. The average molecular weight is 276 g/mol. The summed E-state index contributed by atoms with van der Waals surface area (Å²) in [6.07, 6.45) is 0. The molecule has 6 heteroatoms. The molecule has 0 spiro atoms. The topological polar surface area (TPSA) is 92.4 Å². The van der Waals surface area contributed by atoms with E-state index in [0.717, 1.165) is 5.69 Å². The van der Waals surface area contributed by atoms with Gasteiger partial charge in [0.15, 0.2) is 11.3 Å². The summed E-state index contributed by atoms with van der Waals surface area (Å²) >= 11 is 0. The zero-order chi connectivity index (χ0) is 14.9. The Balaban J connectivity index is 2.25. The minimum Gasteiger partial charge on any atom is -0.480 e. The van der Waals surface area contributed by atoms with Crippen molar-refractivity contribution in [2.75, 3.05) is 0 Å². The minimum absolute atomic E-state index is 0.0602. The maximum atomic E-state index is 12.0. The summed E-state index contributed by atoms with van der Waals surface area (Å²) in [6, 6.07) is 4.06. The number of carbonyl (C=O) groups excluding carboxylic acids is 1. The van der Waals surface area contributed by atoms with Gasteiger partial charge in [-0.1, -0.05) is 13.8 Å². The molecule has 0 aliphatic carbocycles. The van der Waals surface area contributed by atoms with Crippen LogP contribution >= 0.6 is 0 Å². The van der Waals surface area contributed by atoms with Crippen LogP contribution in [0.3, 0.4) is 0 Å². The number of aromatic nitrogens is 1. The number of furan rings is 1. The van der Waals surface area contributed by atoms with Crippen molar-refractivity contribution in [1.82, 2.24) is 10.3 Å². The lowest BCUT2D eigenvalue weighted by Crippen LogP contribution is -2.44. The van der Waals surface area contributed by atoms with Crippen molar-refractivity contribution in [2.24, 2.45) is 5.92 Å². The van der Waals surface area contributed by atoms with Crippen molar-refractivity contribution in [3.63, 3.8) is 0 Å². The number of aryl methyl sites for hydroxylation is 1. The molecule has 0 saturated carbocycles. The van der Waals surface area contributed by atoms with Gasteiger partial charge in [-0.3, -0.25) is 4.79 Å². The molecule has 2 aromatic heterocycles. The predicted molar refractivity (Wildman–Crippen MR) is 72.5 cm³/mol. The number of hydrogen-bond acceptors (Lipinski definition) is 4. The number of aliphatic carboxylic acids is 1. The molecule has 1 atom stereocenters. The first-order valence-corrected chi connectivity index (χ1v) is 6.29. The number of carbonyl (C=O) groups is 2. The van der Waals surface area contributed by atoms with E-state index >= 15 is 0 Å². The summed E-state index contributed by atoms with van der Waals surface area (Å²) in [6.45, 7) is 5.29. The number of carboxylic acid groups (broad SMARTS) is 1. The Kier molecular flexibility index (Phi) is 3.74. The van der Waals surface area contributed by atoms with Crippen LogP contribution in [0.2, 0.25) is 0 Å². The number of nitrogens with one attached hydrogen (secondary N) is 1. The molecule has 106 valence electrons. The highest BCUT2D eigenvalue weighted by Crippen LogP contribution is 2.18. The van der Waals surface area contributed by atoms with Crippen LogP contribution in [0.4, 0.5) is 0 Å². The molecule has 0 radical (unpaired) electrons. The Hall–Kier alpha value is -2.37. The molecule has 0 bridgehead atoms. The van der Waals surface area contributed by atoms with Gasteiger partial charge in [0.1, 0.15) is 11.6 Å². The third-order valence-electron chi connectivity index (χ3n) is 2.96. The van der Waals surface area contributed by atoms with Crippen molar-refractivity contribution < 1.29 is 19.1 Å². The quantitative estimate of drug-likeness (QED) is 0.890. The SMILES string of the molecule is Cc1ccc2oc(C(=O)N[C@H](C(=O)O)C(C)C)cc2n1. The third kappa shape index (κ3) is 2.79. The lowest BCUT2D eigenvalue weighted by Gasteiger charge is -2.16. The summed E-state index contributed by atoms with van der Waals surface area (Å²) < 4.78 is 5.38. The van der Waals surface area contributed by atoms with Crippen LogP contribution in [0, 0.1) is 12.8 Å². The van der Waals surface area contributed by atoms with Gasteiger partial charge in [0.05, 0.1) is 0 Å². The van der Waals surface area contributed by atoms with E-state index in [-0.39, 0.29) is 11.7 Å². The summed E-state index contributed by atoms with van der Waals surface area (Å²) in [4.78, 5) is 27.3. The molecule has 0 aliphatic heterocycles. The van der Waals surface area contributed by atoms with Gasteiger partial charge in [-0.25, -0.2) is 9.78 Å². The molecule has 0 fully saturated rings. The van der Waals surface area contributed by atoms with Crippen molar-refractivity contribution in [2.45, 2.75) is 26.8 Å². The van der Waals surface area contributed by atoms with Crippen LogP contribution < -0.4 is 5.32 Å². The zero-order valence-electron chi connectivity index (χ0n) is 11.5.